The van der Waals surface area contributed by atoms with Gasteiger partial charge in [0.15, 0.2) is 6.61 Å². The number of rotatable bonds is 4. The Labute approximate surface area is 149 Å². The molecule has 1 aromatic rings. The molecular weight excluding hydrogens is 316 g/mol. The van der Waals surface area contributed by atoms with Gasteiger partial charge in [0, 0.05) is 32.1 Å². The maximum absolute atomic E-state index is 12.5. The Morgan fingerprint density at radius 1 is 1.08 bits per heavy atom. The van der Waals surface area contributed by atoms with Crippen LogP contribution in [0.2, 0.25) is 0 Å². The van der Waals surface area contributed by atoms with Gasteiger partial charge < -0.3 is 14.5 Å². The molecule has 1 saturated heterocycles. The fourth-order valence-electron chi connectivity index (χ4n) is 3.40. The SMILES string of the molecule is Cc1ccccc1OCC(=O)N1CCN(C(=O)C2CC=CCC2)CC1. The molecule has 0 radical (unpaired) electrons. The molecule has 1 aliphatic carbocycles. The number of nitrogens with zero attached hydrogens (tertiary/aromatic N) is 2. The van der Waals surface area contributed by atoms with Crippen LogP contribution in [-0.4, -0.2) is 54.4 Å². The highest BCUT2D eigenvalue weighted by molar-refractivity contribution is 5.81. The number of allylic oxidation sites excluding steroid dienone is 2. The first-order valence-corrected chi connectivity index (χ1v) is 9.05. The second-order valence-corrected chi connectivity index (χ2v) is 6.74. The fourth-order valence-corrected chi connectivity index (χ4v) is 3.40. The van der Waals surface area contributed by atoms with Crippen LogP contribution in [0.25, 0.3) is 0 Å². The Hall–Kier alpha value is -2.30. The zero-order valence-corrected chi connectivity index (χ0v) is 14.8. The first-order chi connectivity index (χ1) is 12.1. The van der Waals surface area contributed by atoms with Crippen molar-refractivity contribution in [3.8, 4) is 5.75 Å². The Kier molecular flexibility index (Phi) is 5.74. The van der Waals surface area contributed by atoms with Crippen LogP contribution in [0.1, 0.15) is 24.8 Å². The number of hydrogen-bond acceptors (Lipinski definition) is 3. The number of piperazine rings is 1. The zero-order chi connectivity index (χ0) is 17.6. The smallest absolute Gasteiger partial charge is 0.260 e. The molecule has 1 atom stereocenters. The predicted octanol–water partition coefficient (Wildman–Crippen LogP) is 2.40. The maximum atomic E-state index is 12.5. The summed E-state index contributed by atoms with van der Waals surface area (Å²) in [5.41, 5.74) is 1.02. The molecule has 2 amide bonds. The van der Waals surface area contributed by atoms with E-state index in [1.165, 1.54) is 0 Å². The van der Waals surface area contributed by atoms with Gasteiger partial charge in [-0.1, -0.05) is 30.4 Å². The summed E-state index contributed by atoms with van der Waals surface area (Å²) in [5, 5.41) is 0. The van der Waals surface area contributed by atoms with Gasteiger partial charge in [-0.3, -0.25) is 9.59 Å². The van der Waals surface area contributed by atoms with Gasteiger partial charge in [0.1, 0.15) is 5.75 Å². The molecule has 1 unspecified atom stereocenters. The summed E-state index contributed by atoms with van der Waals surface area (Å²) in [5.74, 6) is 1.09. The Morgan fingerprint density at radius 2 is 1.80 bits per heavy atom. The molecule has 25 heavy (non-hydrogen) atoms. The van der Waals surface area contributed by atoms with Gasteiger partial charge in [0.05, 0.1) is 0 Å². The molecule has 5 nitrogen and oxygen atoms in total. The van der Waals surface area contributed by atoms with Crippen LogP contribution in [0.3, 0.4) is 0 Å². The van der Waals surface area contributed by atoms with Crippen molar-refractivity contribution in [2.24, 2.45) is 5.92 Å². The van der Waals surface area contributed by atoms with Gasteiger partial charge in [-0.15, -0.1) is 0 Å². The average molecular weight is 342 g/mol. The van der Waals surface area contributed by atoms with E-state index in [1.54, 1.807) is 4.90 Å². The maximum Gasteiger partial charge on any atom is 0.260 e. The highest BCUT2D eigenvalue weighted by Crippen LogP contribution is 2.21. The molecule has 1 heterocycles. The molecule has 0 spiro atoms. The lowest BCUT2D eigenvalue weighted by Crippen LogP contribution is -2.52. The molecule has 5 heteroatoms. The van der Waals surface area contributed by atoms with Crippen molar-refractivity contribution in [1.29, 1.82) is 0 Å². The van der Waals surface area contributed by atoms with Crippen LogP contribution < -0.4 is 4.74 Å². The third-order valence-corrected chi connectivity index (χ3v) is 5.01. The number of para-hydroxylation sites is 1. The normalized spacial score (nSPS) is 20.4. The minimum absolute atomic E-state index is 0.0176. The van der Waals surface area contributed by atoms with E-state index < -0.39 is 0 Å². The van der Waals surface area contributed by atoms with E-state index in [4.69, 9.17) is 4.74 Å². The van der Waals surface area contributed by atoms with E-state index in [0.717, 1.165) is 30.6 Å². The summed E-state index contributed by atoms with van der Waals surface area (Å²) < 4.78 is 5.64. The standard InChI is InChI=1S/C20H26N2O3/c1-16-7-5-6-10-18(16)25-15-19(23)21-11-13-22(14-12-21)20(24)17-8-3-2-4-9-17/h2-3,5-7,10,17H,4,8-9,11-15H2,1H3. The lowest BCUT2D eigenvalue weighted by Gasteiger charge is -2.36. The number of hydrogen-bond donors (Lipinski definition) is 0. The average Bonchev–Trinajstić information content (AvgIpc) is 2.67. The van der Waals surface area contributed by atoms with E-state index in [9.17, 15) is 9.59 Å². The monoisotopic (exact) mass is 342 g/mol. The summed E-state index contributed by atoms with van der Waals surface area (Å²) in [6, 6.07) is 7.68. The Bertz CT molecular complexity index is 648. The van der Waals surface area contributed by atoms with Crippen LogP contribution >= 0.6 is 0 Å². The highest BCUT2D eigenvalue weighted by Gasteiger charge is 2.28. The number of carbonyl (C=O) groups is 2. The van der Waals surface area contributed by atoms with Gasteiger partial charge in [-0.2, -0.15) is 0 Å². The number of ether oxygens (including phenoxy) is 1. The Morgan fingerprint density at radius 3 is 2.48 bits per heavy atom. The van der Waals surface area contributed by atoms with Crippen LogP contribution in [0.5, 0.6) is 5.75 Å². The molecule has 1 aromatic carbocycles. The molecule has 0 bridgehead atoms. The molecule has 0 saturated carbocycles. The van der Waals surface area contributed by atoms with Crippen LogP contribution in [0.15, 0.2) is 36.4 Å². The molecule has 0 N–H and O–H groups in total. The minimum Gasteiger partial charge on any atom is -0.484 e. The molecular formula is C20H26N2O3. The largest absolute Gasteiger partial charge is 0.484 e. The molecule has 2 aliphatic rings. The summed E-state index contributed by atoms with van der Waals surface area (Å²) in [7, 11) is 0. The number of benzene rings is 1. The van der Waals surface area contributed by atoms with Gasteiger partial charge in [-0.25, -0.2) is 0 Å². The van der Waals surface area contributed by atoms with Crippen LogP contribution in [0, 0.1) is 12.8 Å². The number of aryl methyl sites for hydroxylation is 1. The molecule has 1 fully saturated rings. The van der Waals surface area contributed by atoms with Crippen LogP contribution in [0.4, 0.5) is 0 Å². The van der Waals surface area contributed by atoms with Crippen molar-refractivity contribution in [2.75, 3.05) is 32.8 Å². The van der Waals surface area contributed by atoms with E-state index >= 15 is 0 Å². The fraction of sp³-hybridized carbons (Fsp3) is 0.500. The third kappa shape index (κ3) is 4.41. The lowest BCUT2D eigenvalue weighted by atomic mass is 9.93. The zero-order valence-electron chi connectivity index (χ0n) is 14.8. The van der Waals surface area contributed by atoms with Crippen molar-refractivity contribution >= 4 is 11.8 Å². The summed E-state index contributed by atoms with van der Waals surface area (Å²) in [6.07, 6.45) is 7.04. The number of amides is 2. The molecule has 3 rings (SSSR count). The first-order valence-electron chi connectivity index (χ1n) is 9.05. The van der Waals surface area contributed by atoms with Crippen molar-refractivity contribution < 1.29 is 14.3 Å². The van der Waals surface area contributed by atoms with Crippen molar-refractivity contribution in [2.45, 2.75) is 26.2 Å². The Balaban J connectivity index is 1.45. The van der Waals surface area contributed by atoms with Crippen LogP contribution in [-0.2, 0) is 9.59 Å². The predicted molar refractivity (Wildman–Crippen MR) is 96.3 cm³/mol. The molecule has 1 aliphatic heterocycles. The minimum atomic E-state index is -0.0176. The number of carbonyl (C=O) groups excluding carboxylic acids is 2. The van der Waals surface area contributed by atoms with E-state index in [-0.39, 0.29) is 24.3 Å². The van der Waals surface area contributed by atoms with Crippen molar-refractivity contribution in [1.82, 2.24) is 9.80 Å². The van der Waals surface area contributed by atoms with Gasteiger partial charge in [-0.05, 0) is 37.8 Å². The van der Waals surface area contributed by atoms with E-state index in [1.807, 2.05) is 36.1 Å². The molecule has 134 valence electrons. The highest BCUT2D eigenvalue weighted by atomic mass is 16.5. The van der Waals surface area contributed by atoms with E-state index in [2.05, 4.69) is 12.2 Å². The summed E-state index contributed by atoms with van der Waals surface area (Å²) >= 11 is 0. The molecule has 0 aromatic heterocycles. The quantitative estimate of drug-likeness (QED) is 0.790. The second kappa shape index (κ2) is 8.19. The van der Waals surface area contributed by atoms with Gasteiger partial charge in [0.25, 0.3) is 5.91 Å². The van der Waals surface area contributed by atoms with Crippen molar-refractivity contribution in [3.63, 3.8) is 0 Å². The van der Waals surface area contributed by atoms with Gasteiger partial charge in [0.2, 0.25) is 5.91 Å². The summed E-state index contributed by atoms with van der Waals surface area (Å²) in [6.45, 7) is 4.43. The van der Waals surface area contributed by atoms with Gasteiger partial charge >= 0.3 is 0 Å². The van der Waals surface area contributed by atoms with Crippen molar-refractivity contribution in [3.05, 3.63) is 42.0 Å². The lowest BCUT2D eigenvalue weighted by molar-refractivity contribution is -0.143. The second-order valence-electron chi connectivity index (χ2n) is 6.74. The summed E-state index contributed by atoms with van der Waals surface area (Å²) in [4.78, 5) is 28.6. The topological polar surface area (TPSA) is 49.9 Å². The first kappa shape index (κ1) is 17.5. The van der Waals surface area contributed by atoms with E-state index in [0.29, 0.717) is 26.2 Å². The third-order valence-electron chi connectivity index (χ3n) is 5.01.